The molecule has 0 aliphatic carbocycles. The summed E-state index contributed by atoms with van der Waals surface area (Å²) in [4.78, 5) is -0.0743. The summed E-state index contributed by atoms with van der Waals surface area (Å²) in [5.74, 6) is 0.0667. The fourth-order valence-corrected chi connectivity index (χ4v) is 8.55. The van der Waals surface area contributed by atoms with Gasteiger partial charge in [0.1, 0.15) is 17.3 Å². The molecule has 2 aromatic carbocycles. The van der Waals surface area contributed by atoms with Crippen molar-refractivity contribution >= 4 is 19.7 Å². The number of benzene rings is 2. The van der Waals surface area contributed by atoms with Crippen LogP contribution in [-0.2, 0) is 26.1 Å². The second-order valence-corrected chi connectivity index (χ2v) is 11.9. The Labute approximate surface area is 182 Å². The van der Waals surface area contributed by atoms with Crippen molar-refractivity contribution in [1.82, 2.24) is 5.32 Å². The van der Waals surface area contributed by atoms with Crippen LogP contribution in [0.1, 0.15) is 11.1 Å². The molecule has 7 nitrogen and oxygen atoms in total. The van der Waals surface area contributed by atoms with Gasteiger partial charge in [0.2, 0.25) is 0 Å². The van der Waals surface area contributed by atoms with Crippen LogP contribution in [0.5, 0.6) is 11.5 Å². The molecule has 3 rings (SSSR count). The summed E-state index contributed by atoms with van der Waals surface area (Å²) in [5.41, 5.74) is 1.04. The number of rotatable bonds is 8. The highest BCUT2D eigenvalue weighted by Gasteiger charge is 2.45. The van der Waals surface area contributed by atoms with E-state index in [0.717, 1.165) is 11.6 Å². The van der Waals surface area contributed by atoms with E-state index in [2.05, 4.69) is 5.32 Å². The number of methoxy groups -OCH3 is 2. The van der Waals surface area contributed by atoms with Crippen LogP contribution in [0.4, 0.5) is 4.39 Å². The van der Waals surface area contributed by atoms with Crippen molar-refractivity contribution < 1.29 is 30.7 Å². The zero-order valence-electron chi connectivity index (χ0n) is 17.6. The quantitative estimate of drug-likeness (QED) is 0.588. The van der Waals surface area contributed by atoms with E-state index in [1.807, 2.05) is 6.07 Å². The second-order valence-electron chi connectivity index (χ2n) is 7.56. The van der Waals surface area contributed by atoms with Crippen LogP contribution >= 0.6 is 0 Å². The van der Waals surface area contributed by atoms with Crippen LogP contribution in [0, 0.1) is 12.7 Å². The molecular formula is C21H26FNO6S2. The molecule has 0 aromatic heterocycles. The Morgan fingerprint density at radius 1 is 1.10 bits per heavy atom. The minimum Gasteiger partial charge on any atom is -0.497 e. The summed E-state index contributed by atoms with van der Waals surface area (Å²) in [7, 11) is -4.40. The lowest BCUT2D eigenvalue weighted by Crippen LogP contribution is -2.44. The Balaban J connectivity index is 1.79. The Morgan fingerprint density at radius 3 is 2.48 bits per heavy atom. The number of aryl methyl sites for hydroxylation is 1. The lowest BCUT2D eigenvalue weighted by molar-refractivity contribution is 0.398. The average molecular weight is 472 g/mol. The van der Waals surface area contributed by atoms with E-state index in [1.165, 1.54) is 19.1 Å². The minimum atomic E-state index is -3.97. The van der Waals surface area contributed by atoms with Crippen LogP contribution in [0.3, 0.4) is 0 Å². The molecule has 0 saturated carbocycles. The van der Waals surface area contributed by atoms with E-state index in [1.54, 1.807) is 26.4 Å². The number of nitrogens with one attached hydrogen (secondary N) is 1. The largest absolute Gasteiger partial charge is 0.497 e. The third-order valence-corrected chi connectivity index (χ3v) is 9.59. The Hall–Kier alpha value is -2.17. The van der Waals surface area contributed by atoms with Gasteiger partial charge >= 0.3 is 0 Å². The van der Waals surface area contributed by atoms with Gasteiger partial charge in [-0.25, -0.2) is 21.2 Å². The first-order valence-corrected chi connectivity index (χ1v) is 13.1. The van der Waals surface area contributed by atoms with E-state index in [0.29, 0.717) is 24.5 Å². The van der Waals surface area contributed by atoms with E-state index in [-0.39, 0.29) is 16.2 Å². The van der Waals surface area contributed by atoms with Gasteiger partial charge in [-0.1, -0.05) is 0 Å². The van der Waals surface area contributed by atoms with Gasteiger partial charge in [0, 0.05) is 6.04 Å². The predicted molar refractivity (Wildman–Crippen MR) is 116 cm³/mol. The van der Waals surface area contributed by atoms with Crippen LogP contribution < -0.4 is 14.8 Å². The first-order valence-electron chi connectivity index (χ1n) is 9.72. The van der Waals surface area contributed by atoms with Crippen molar-refractivity contribution in [2.24, 2.45) is 0 Å². The molecular weight excluding hydrogens is 445 g/mol. The number of sulfone groups is 2. The zero-order valence-corrected chi connectivity index (χ0v) is 19.2. The van der Waals surface area contributed by atoms with Gasteiger partial charge in [-0.15, -0.1) is 0 Å². The molecule has 1 heterocycles. The number of hydrogen-bond acceptors (Lipinski definition) is 7. The standard InChI is InChI=1S/C21H26FNO6S2/c1-14-10-17(5-6-18(14)22)31(26,27)21-13-30(24,25)12-19(21)23-9-8-15-11-16(28-2)4-7-20(15)29-3/h4-7,10-11,19,21,23H,8-9,12-13H2,1-3H3/t19-,21-/m0/s1. The van der Waals surface area contributed by atoms with E-state index in [9.17, 15) is 21.2 Å². The Bertz CT molecular complexity index is 1160. The highest BCUT2D eigenvalue weighted by Crippen LogP contribution is 2.28. The predicted octanol–water partition coefficient (Wildman–Crippen LogP) is 1.92. The van der Waals surface area contributed by atoms with Crippen molar-refractivity contribution in [2.75, 3.05) is 32.3 Å². The maximum atomic E-state index is 13.6. The summed E-state index contributed by atoms with van der Waals surface area (Å²) in [6, 6.07) is 8.11. The van der Waals surface area contributed by atoms with Gasteiger partial charge in [0.15, 0.2) is 19.7 Å². The monoisotopic (exact) mass is 471 g/mol. The van der Waals surface area contributed by atoms with Gasteiger partial charge in [-0.05, 0) is 67.4 Å². The van der Waals surface area contributed by atoms with Gasteiger partial charge in [0.05, 0.1) is 35.9 Å². The van der Waals surface area contributed by atoms with Crippen molar-refractivity contribution in [1.29, 1.82) is 0 Å². The SMILES string of the molecule is COc1ccc(OC)c(CCN[C@H]2CS(=O)(=O)C[C@@H]2S(=O)(=O)c2ccc(F)c(C)c2)c1. The van der Waals surface area contributed by atoms with Crippen LogP contribution in [0.2, 0.25) is 0 Å². The molecule has 31 heavy (non-hydrogen) atoms. The highest BCUT2D eigenvalue weighted by atomic mass is 32.2. The van der Waals surface area contributed by atoms with Gasteiger partial charge in [-0.2, -0.15) is 0 Å². The Kier molecular flexibility index (Phi) is 6.92. The first kappa shape index (κ1) is 23.5. The molecule has 0 radical (unpaired) electrons. The molecule has 1 aliphatic heterocycles. The fraction of sp³-hybridized carbons (Fsp3) is 0.429. The minimum absolute atomic E-state index is 0.0743. The third-order valence-electron chi connectivity index (χ3n) is 5.45. The normalized spacial score (nSPS) is 20.5. The third kappa shape index (κ3) is 5.19. The van der Waals surface area contributed by atoms with Crippen molar-refractivity contribution in [3.8, 4) is 11.5 Å². The summed E-state index contributed by atoms with van der Waals surface area (Å²) in [6.45, 7) is 1.81. The number of halogens is 1. The Morgan fingerprint density at radius 2 is 1.84 bits per heavy atom. The highest BCUT2D eigenvalue weighted by molar-refractivity contribution is 7.96. The lowest BCUT2D eigenvalue weighted by Gasteiger charge is -2.20. The van der Waals surface area contributed by atoms with Crippen LogP contribution in [0.15, 0.2) is 41.3 Å². The molecule has 2 atom stereocenters. The molecule has 1 saturated heterocycles. The second kappa shape index (κ2) is 9.13. The molecule has 1 aliphatic rings. The molecule has 2 aromatic rings. The van der Waals surface area contributed by atoms with Crippen LogP contribution in [-0.4, -0.2) is 60.4 Å². The number of hydrogen-bond donors (Lipinski definition) is 1. The molecule has 1 fully saturated rings. The summed E-state index contributed by atoms with van der Waals surface area (Å²) >= 11 is 0. The number of ether oxygens (including phenoxy) is 2. The summed E-state index contributed by atoms with van der Waals surface area (Å²) in [6.07, 6.45) is 0.485. The van der Waals surface area contributed by atoms with Gasteiger partial charge < -0.3 is 14.8 Å². The molecule has 10 heteroatoms. The average Bonchev–Trinajstić information content (AvgIpc) is 3.05. The summed E-state index contributed by atoms with van der Waals surface area (Å²) < 4.78 is 75.0. The van der Waals surface area contributed by atoms with Gasteiger partial charge in [-0.3, -0.25) is 0 Å². The lowest BCUT2D eigenvalue weighted by atomic mass is 10.1. The maximum Gasteiger partial charge on any atom is 0.183 e. The molecule has 0 amide bonds. The molecule has 0 bridgehead atoms. The van der Waals surface area contributed by atoms with E-state index in [4.69, 9.17) is 9.47 Å². The molecule has 170 valence electrons. The van der Waals surface area contributed by atoms with Crippen LogP contribution in [0.25, 0.3) is 0 Å². The zero-order chi connectivity index (χ0) is 22.8. The maximum absolute atomic E-state index is 13.6. The first-order chi connectivity index (χ1) is 14.6. The van der Waals surface area contributed by atoms with Gasteiger partial charge in [0.25, 0.3) is 0 Å². The molecule has 1 N–H and O–H groups in total. The van der Waals surface area contributed by atoms with E-state index >= 15 is 0 Å². The smallest absolute Gasteiger partial charge is 0.183 e. The van der Waals surface area contributed by atoms with Crippen molar-refractivity contribution in [2.45, 2.75) is 29.5 Å². The topological polar surface area (TPSA) is 98.8 Å². The summed E-state index contributed by atoms with van der Waals surface area (Å²) in [5, 5.41) is 1.95. The molecule has 0 unspecified atom stereocenters. The van der Waals surface area contributed by atoms with E-state index < -0.39 is 42.5 Å². The molecule has 0 spiro atoms. The van der Waals surface area contributed by atoms with Crippen molar-refractivity contribution in [3.63, 3.8) is 0 Å². The fourth-order valence-electron chi connectivity index (χ4n) is 3.75. The van der Waals surface area contributed by atoms with Crippen molar-refractivity contribution in [3.05, 3.63) is 53.3 Å².